The summed E-state index contributed by atoms with van der Waals surface area (Å²) in [5, 5.41) is 2.58. The van der Waals surface area contributed by atoms with Crippen LogP contribution in [0, 0.1) is 11.7 Å². The molecule has 3 rings (SSSR count). The lowest BCUT2D eigenvalue weighted by molar-refractivity contribution is -0.120. The fourth-order valence-corrected chi connectivity index (χ4v) is 5.38. The number of halogens is 1. The molecule has 0 aliphatic carbocycles. The molecule has 1 aliphatic rings. The van der Waals surface area contributed by atoms with Crippen LogP contribution in [0.5, 0.6) is 5.75 Å². The number of hydrogen-bond donors (Lipinski definition) is 1. The van der Waals surface area contributed by atoms with Crippen LogP contribution in [0.15, 0.2) is 48.5 Å². The van der Waals surface area contributed by atoms with Crippen LogP contribution in [0.2, 0.25) is 0 Å². The molecule has 1 aliphatic heterocycles. The van der Waals surface area contributed by atoms with Gasteiger partial charge in [0.25, 0.3) is 0 Å². The number of benzene rings is 2. The Bertz CT molecular complexity index is 998. The number of nitrogens with zero attached hydrogens (tertiary/aromatic N) is 2. The third kappa shape index (κ3) is 5.34. The summed E-state index contributed by atoms with van der Waals surface area (Å²) in [7, 11) is -3.83. The molecular weight excluding hydrogens is 421 g/mol. The largest absolute Gasteiger partial charge is 0.494 e. The molecule has 2 aromatic rings. The van der Waals surface area contributed by atoms with E-state index in [2.05, 4.69) is 5.32 Å². The molecule has 0 bridgehead atoms. The topological polar surface area (TPSA) is 79.0 Å². The summed E-state index contributed by atoms with van der Waals surface area (Å²) in [6.07, 6.45) is 1.09. The number of amides is 1. The van der Waals surface area contributed by atoms with Crippen molar-refractivity contribution < 1.29 is 22.3 Å². The molecule has 0 aromatic heterocycles. The van der Waals surface area contributed by atoms with E-state index in [0.29, 0.717) is 37.4 Å². The molecule has 0 saturated carbocycles. The van der Waals surface area contributed by atoms with Crippen LogP contribution in [0.1, 0.15) is 26.7 Å². The second kappa shape index (κ2) is 10.1. The first-order valence-corrected chi connectivity index (χ1v) is 11.8. The lowest BCUT2D eigenvalue weighted by atomic mass is 9.98. The summed E-state index contributed by atoms with van der Waals surface area (Å²) < 4.78 is 48.6. The number of para-hydroxylation sites is 1. The Kier molecular flexibility index (Phi) is 7.50. The van der Waals surface area contributed by atoms with Crippen LogP contribution < -0.4 is 14.4 Å². The number of hydrogen-bond acceptors (Lipinski definition) is 4. The van der Waals surface area contributed by atoms with Crippen LogP contribution in [0.25, 0.3) is 0 Å². The fraction of sp³-hybridized carbons (Fsp3) is 0.409. The number of carbonyl (C=O) groups is 1. The van der Waals surface area contributed by atoms with Gasteiger partial charge in [0.15, 0.2) is 0 Å². The quantitative estimate of drug-likeness (QED) is 0.667. The molecule has 1 amide bonds. The van der Waals surface area contributed by atoms with E-state index in [9.17, 15) is 17.6 Å². The lowest BCUT2D eigenvalue weighted by Crippen LogP contribution is -2.50. The van der Waals surface area contributed by atoms with Gasteiger partial charge in [-0.15, -0.1) is 0 Å². The van der Waals surface area contributed by atoms with Gasteiger partial charge in [0.05, 0.1) is 23.9 Å². The van der Waals surface area contributed by atoms with Crippen molar-refractivity contribution in [1.29, 1.82) is 0 Å². The average molecular weight is 450 g/mol. The molecule has 1 N–H and O–H groups in total. The Labute approximate surface area is 183 Å². The summed E-state index contributed by atoms with van der Waals surface area (Å²) in [6.45, 7) is 4.81. The van der Waals surface area contributed by atoms with Crippen LogP contribution >= 0.6 is 0 Å². The monoisotopic (exact) mass is 449 g/mol. The second-order valence-electron chi connectivity index (χ2n) is 7.27. The van der Waals surface area contributed by atoms with E-state index in [1.54, 1.807) is 43.3 Å². The van der Waals surface area contributed by atoms with Crippen LogP contribution in [-0.2, 0) is 15.0 Å². The van der Waals surface area contributed by atoms with Gasteiger partial charge in [0, 0.05) is 19.6 Å². The standard InChI is InChI=1S/C22H28FN3O4S/c1-3-26(18-11-13-19(14-12-18)30-4-2)31(28,29)25-15-7-8-17(16-25)22(27)24-21-10-6-5-9-20(21)23/h5-6,9-14,17H,3-4,7-8,15-16H2,1-2H3,(H,24,27). The predicted octanol–water partition coefficient (Wildman–Crippen LogP) is 3.65. The normalized spacial score (nSPS) is 17.2. The van der Waals surface area contributed by atoms with E-state index in [0.717, 1.165) is 0 Å². The SMILES string of the molecule is CCOc1ccc(N(CC)S(=O)(=O)N2CCCC(C(=O)Nc3ccccc3F)C2)cc1. The van der Waals surface area contributed by atoms with Gasteiger partial charge in [0.1, 0.15) is 11.6 Å². The minimum Gasteiger partial charge on any atom is -0.494 e. The number of nitrogens with one attached hydrogen (secondary N) is 1. The number of ether oxygens (including phenoxy) is 1. The molecule has 7 nitrogen and oxygen atoms in total. The predicted molar refractivity (Wildman–Crippen MR) is 119 cm³/mol. The number of anilines is 2. The van der Waals surface area contributed by atoms with Crippen molar-refractivity contribution >= 4 is 27.5 Å². The van der Waals surface area contributed by atoms with E-state index in [4.69, 9.17) is 4.74 Å². The molecule has 1 saturated heterocycles. The summed E-state index contributed by atoms with van der Waals surface area (Å²) in [5.74, 6) is -0.789. The first-order valence-electron chi connectivity index (χ1n) is 10.4. The van der Waals surface area contributed by atoms with Crippen molar-refractivity contribution in [3.8, 4) is 5.75 Å². The highest BCUT2D eigenvalue weighted by Gasteiger charge is 2.35. The Morgan fingerprint density at radius 2 is 1.90 bits per heavy atom. The number of rotatable bonds is 8. The maximum absolute atomic E-state index is 13.9. The molecule has 1 fully saturated rings. The van der Waals surface area contributed by atoms with E-state index < -0.39 is 21.9 Å². The summed E-state index contributed by atoms with van der Waals surface area (Å²) >= 11 is 0. The zero-order valence-electron chi connectivity index (χ0n) is 17.8. The Hall–Kier alpha value is -2.65. The molecule has 1 atom stereocenters. The zero-order chi connectivity index (χ0) is 22.4. The molecular formula is C22H28FN3O4S. The average Bonchev–Trinajstić information content (AvgIpc) is 2.77. The molecule has 0 radical (unpaired) electrons. The fourth-order valence-electron chi connectivity index (χ4n) is 3.66. The van der Waals surface area contributed by atoms with Gasteiger partial charge in [0.2, 0.25) is 5.91 Å². The van der Waals surface area contributed by atoms with Gasteiger partial charge in [-0.05, 0) is 63.1 Å². The van der Waals surface area contributed by atoms with Crippen LogP contribution in [0.4, 0.5) is 15.8 Å². The molecule has 31 heavy (non-hydrogen) atoms. The Morgan fingerprint density at radius 3 is 2.55 bits per heavy atom. The van der Waals surface area contributed by atoms with Gasteiger partial charge < -0.3 is 10.1 Å². The van der Waals surface area contributed by atoms with Crippen molar-refractivity contribution in [3.63, 3.8) is 0 Å². The number of carbonyl (C=O) groups excluding carboxylic acids is 1. The summed E-state index contributed by atoms with van der Waals surface area (Å²) in [6, 6.07) is 12.8. The molecule has 1 unspecified atom stereocenters. The molecule has 0 spiro atoms. The van der Waals surface area contributed by atoms with Gasteiger partial charge >= 0.3 is 10.2 Å². The molecule has 1 heterocycles. The van der Waals surface area contributed by atoms with Crippen molar-refractivity contribution in [2.24, 2.45) is 5.92 Å². The van der Waals surface area contributed by atoms with Crippen LogP contribution in [0.3, 0.4) is 0 Å². The van der Waals surface area contributed by atoms with E-state index >= 15 is 0 Å². The van der Waals surface area contributed by atoms with E-state index in [1.165, 1.54) is 20.7 Å². The highest BCUT2D eigenvalue weighted by Crippen LogP contribution is 2.27. The van der Waals surface area contributed by atoms with Gasteiger partial charge in [-0.2, -0.15) is 12.7 Å². The molecule has 2 aromatic carbocycles. The minimum absolute atomic E-state index is 0.0517. The number of piperidine rings is 1. The van der Waals surface area contributed by atoms with Crippen molar-refractivity contribution in [2.75, 3.05) is 35.9 Å². The first kappa shape index (κ1) is 23.0. The van der Waals surface area contributed by atoms with E-state index in [1.807, 2.05) is 6.92 Å². The summed E-state index contributed by atoms with van der Waals surface area (Å²) in [4.78, 5) is 12.7. The Balaban J connectivity index is 1.73. The Morgan fingerprint density at radius 1 is 1.19 bits per heavy atom. The van der Waals surface area contributed by atoms with Crippen LogP contribution in [-0.4, -0.2) is 44.9 Å². The zero-order valence-corrected chi connectivity index (χ0v) is 18.6. The second-order valence-corrected chi connectivity index (χ2v) is 9.12. The van der Waals surface area contributed by atoms with Crippen molar-refractivity contribution in [3.05, 3.63) is 54.3 Å². The maximum Gasteiger partial charge on any atom is 0.304 e. The van der Waals surface area contributed by atoms with Crippen molar-refractivity contribution in [1.82, 2.24) is 4.31 Å². The highest BCUT2D eigenvalue weighted by molar-refractivity contribution is 7.90. The van der Waals surface area contributed by atoms with E-state index in [-0.39, 0.29) is 24.7 Å². The molecule has 168 valence electrons. The molecule has 9 heteroatoms. The van der Waals surface area contributed by atoms with Crippen molar-refractivity contribution in [2.45, 2.75) is 26.7 Å². The third-order valence-electron chi connectivity index (χ3n) is 5.21. The third-order valence-corrected chi connectivity index (χ3v) is 7.22. The minimum atomic E-state index is -3.83. The van der Waals surface area contributed by atoms with Gasteiger partial charge in [-0.25, -0.2) is 4.39 Å². The smallest absolute Gasteiger partial charge is 0.304 e. The lowest BCUT2D eigenvalue weighted by Gasteiger charge is -2.35. The first-order chi connectivity index (χ1) is 14.9. The highest BCUT2D eigenvalue weighted by atomic mass is 32.2. The van der Waals surface area contributed by atoms with Gasteiger partial charge in [-0.1, -0.05) is 12.1 Å². The maximum atomic E-state index is 13.9. The van der Waals surface area contributed by atoms with Gasteiger partial charge in [-0.3, -0.25) is 9.10 Å². The summed E-state index contributed by atoms with van der Waals surface area (Å²) in [5.41, 5.74) is 0.626.